The molecule has 0 atom stereocenters. The molecule has 130 valence electrons. The number of nitrogens with zero attached hydrogens (tertiary/aromatic N) is 2. The molecule has 0 aliphatic heterocycles. The summed E-state index contributed by atoms with van der Waals surface area (Å²) >= 11 is 1.43. The van der Waals surface area contributed by atoms with Gasteiger partial charge in [-0.1, -0.05) is 12.1 Å². The van der Waals surface area contributed by atoms with Gasteiger partial charge in [0, 0.05) is 23.5 Å². The maximum Gasteiger partial charge on any atom is 0.268 e. The summed E-state index contributed by atoms with van der Waals surface area (Å²) in [4.78, 5) is 20.8. The van der Waals surface area contributed by atoms with Crippen LogP contribution in [-0.4, -0.2) is 25.0 Å². The molecule has 0 fully saturated rings. The van der Waals surface area contributed by atoms with E-state index in [1.165, 1.54) is 16.9 Å². The molecule has 0 saturated carbocycles. The molecule has 5 heteroatoms. The lowest BCUT2D eigenvalue weighted by atomic mass is 10.1. The molecule has 0 N–H and O–H groups in total. The lowest BCUT2D eigenvalue weighted by molar-refractivity contribution is 0.0997. The minimum atomic E-state index is -0.0431. The molecule has 0 saturated heterocycles. The van der Waals surface area contributed by atoms with Crippen LogP contribution in [0.4, 0.5) is 5.69 Å². The number of hydrogen-bond acceptors (Lipinski definition) is 4. The number of methoxy groups -OCH3 is 1. The number of anilines is 1. The Balaban J connectivity index is 1.70. The van der Waals surface area contributed by atoms with Crippen molar-refractivity contribution in [3.63, 3.8) is 0 Å². The molecule has 4 rings (SSSR count). The molecule has 26 heavy (non-hydrogen) atoms. The number of hydrogen-bond donors (Lipinski definition) is 0. The first-order valence-corrected chi connectivity index (χ1v) is 9.10. The Bertz CT molecular complexity index is 1120. The summed E-state index contributed by atoms with van der Waals surface area (Å²) in [6.45, 7) is 2.05. The Labute approximate surface area is 155 Å². The molecule has 2 heterocycles. The van der Waals surface area contributed by atoms with E-state index in [0.717, 1.165) is 32.6 Å². The van der Waals surface area contributed by atoms with Crippen molar-refractivity contribution in [1.29, 1.82) is 0 Å². The summed E-state index contributed by atoms with van der Waals surface area (Å²) < 4.78 is 5.17. The van der Waals surface area contributed by atoms with Gasteiger partial charge in [0.1, 0.15) is 10.6 Å². The number of rotatable bonds is 3. The van der Waals surface area contributed by atoms with Gasteiger partial charge in [-0.25, -0.2) is 4.98 Å². The van der Waals surface area contributed by atoms with Crippen LogP contribution in [0.25, 0.3) is 21.1 Å². The van der Waals surface area contributed by atoms with Crippen molar-refractivity contribution < 1.29 is 9.53 Å². The summed E-state index contributed by atoms with van der Waals surface area (Å²) in [6.07, 6.45) is 0. The van der Waals surface area contributed by atoms with Gasteiger partial charge in [-0.3, -0.25) is 4.79 Å². The van der Waals surface area contributed by atoms with Gasteiger partial charge in [-0.05, 0) is 55.0 Å². The first kappa shape index (κ1) is 16.5. The van der Waals surface area contributed by atoms with Crippen LogP contribution in [0.3, 0.4) is 0 Å². The second kappa shape index (κ2) is 6.42. The average Bonchev–Trinajstić information content (AvgIpc) is 3.07. The van der Waals surface area contributed by atoms with E-state index in [0.29, 0.717) is 4.88 Å². The van der Waals surface area contributed by atoms with Crippen LogP contribution in [0.2, 0.25) is 0 Å². The predicted octanol–water partition coefficient (Wildman–Crippen LogP) is 5.04. The highest BCUT2D eigenvalue weighted by molar-refractivity contribution is 7.20. The maximum atomic E-state index is 12.9. The number of carbonyl (C=O) groups is 1. The van der Waals surface area contributed by atoms with Crippen LogP contribution < -0.4 is 9.64 Å². The van der Waals surface area contributed by atoms with Gasteiger partial charge in [0.25, 0.3) is 5.91 Å². The molecule has 0 unspecified atom stereocenters. The molecular formula is C21H18N2O2S. The molecule has 4 nitrogen and oxygen atoms in total. The quantitative estimate of drug-likeness (QED) is 0.512. The third-order valence-electron chi connectivity index (χ3n) is 4.43. The zero-order valence-corrected chi connectivity index (χ0v) is 15.6. The lowest BCUT2D eigenvalue weighted by Crippen LogP contribution is -2.25. The van der Waals surface area contributed by atoms with Gasteiger partial charge < -0.3 is 9.64 Å². The van der Waals surface area contributed by atoms with Crippen molar-refractivity contribution in [2.45, 2.75) is 6.92 Å². The zero-order chi connectivity index (χ0) is 18.3. The molecule has 0 bridgehead atoms. The van der Waals surface area contributed by atoms with E-state index >= 15 is 0 Å². The SMILES string of the molecule is COc1ccc(N(C)C(=O)c2cc3cc4ccc(C)cc4nc3s2)cc1. The monoisotopic (exact) mass is 362 g/mol. The van der Waals surface area contributed by atoms with E-state index in [1.807, 2.05) is 30.3 Å². The van der Waals surface area contributed by atoms with Crippen molar-refractivity contribution in [3.05, 3.63) is 65.0 Å². The summed E-state index contributed by atoms with van der Waals surface area (Å²) in [5, 5.41) is 2.08. The molecule has 4 aromatic rings. The van der Waals surface area contributed by atoms with Crippen LogP contribution in [-0.2, 0) is 0 Å². The molecular weight excluding hydrogens is 344 g/mol. The maximum absolute atomic E-state index is 12.9. The minimum absolute atomic E-state index is 0.0431. The Morgan fingerprint density at radius 1 is 1.04 bits per heavy atom. The highest BCUT2D eigenvalue weighted by atomic mass is 32.1. The largest absolute Gasteiger partial charge is 0.497 e. The van der Waals surface area contributed by atoms with Crippen LogP contribution in [0.15, 0.2) is 54.6 Å². The average molecular weight is 362 g/mol. The number of fused-ring (bicyclic) bond motifs is 2. The van der Waals surface area contributed by atoms with Gasteiger partial charge in [0.05, 0.1) is 17.5 Å². The van der Waals surface area contributed by atoms with Crippen molar-refractivity contribution in [2.75, 3.05) is 19.1 Å². The summed E-state index contributed by atoms with van der Waals surface area (Å²) in [5.74, 6) is 0.723. The van der Waals surface area contributed by atoms with E-state index in [-0.39, 0.29) is 5.91 Å². The molecule has 0 spiro atoms. The molecule has 0 aliphatic carbocycles. The Morgan fingerprint density at radius 3 is 2.54 bits per heavy atom. The number of ether oxygens (including phenoxy) is 1. The van der Waals surface area contributed by atoms with E-state index in [2.05, 4.69) is 31.2 Å². The number of benzene rings is 2. The van der Waals surface area contributed by atoms with Gasteiger partial charge in [-0.2, -0.15) is 0 Å². The number of thiophene rings is 1. The van der Waals surface area contributed by atoms with E-state index in [9.17, 15) is 4.79 Å². The lowest BCUT2D eigenvalue weighted by Gasteiger charge is -2.16. The number of aromatic nitrogens is 1. The summed E-state index contributed by atoms with van der Waals surface area (Å²) in [6, 6.07) is 17.7. The first-order chi connectivity index (χ1) is 12.5. The highest BCUT2D eigenvalue weighted by Crippen LogP contribution is 2.29. The van der Waals surface area contributed by atoms with Crippen molar-refractivity contribution in [2.24, 2.45) is 0 Å². The Hall–Kier alpha value is -2.92. The zero-order valence-electron chi connectivity index (χ0n) is 14.8. The Morgan fingerprint density at radius 2 is 1.81 bits per heavy atom. The second-order valence-corrected chi connectivity index (χ2v) is 7.28. The van der Waals surface area contributed by atoms with Crippen LogP contribution in [0.1, 0.15) is 15.2 Å². The van der Waals surface area contributed by atoms with Crippen molar-refractivity contribution in [3.8, 4) is 5.75 Å². The third kappa shape index (κ3) is 2.91. The fraction of sp³-hybridized carbons (Fsp3) is 0.143. The third-order valence-corrected chi connectivity index (χ3v) is 5.47. The number of pyridine rings is 1. The van der Waals surface area contributed by atoms with Crippen molar-refractivity contribution in [1.82, 2.24) is 4.98 Å². The van der Waals surface area contributed by atoms with Crippen molar-refractivity contribution >= 4 is 44.1 Å². The van der Waals surface area contributed by atoms with Gasteiger partial charge in [-0.15, -0.1) is 11.3 Å². The van der Waals surface area contributed by atoms with Crippen LogP contribution in [0, 0.1) is 6.92 Å². The van der Waals surface area contributed by atoms with Crippen LogP contribution >= 0.6 is 11.3 Å². The minimum Gasteiger partial charge on any atom is -0.497 e. The van der Waals surface area contributed by atoms with E-state index in [4.69, 9.17) is 9.72 Å². The number of aryl methyl sites for hydroxylation is 1. The molecule has 2 aromatic carbocycles. The number of carbonyl (C=O) groups excluding carboxylic acids is 1. The molecule has 0 aliphatic rings. The number of amides is 1. The first-order valence-electron chi connectivity index (χ1n) is 8.28. The second-order valence-electron chi connectivity index (χ2n) is 6.25. The van der Waals surface area contributed by atoms with Gasteiger partial charge in [0.15, 0.2) is 0 Å². The van der Waals surface area contributed by atoms with Gasteiger partial charge in [0.2, 0.25) is 0 Å². The van der Waals surface area contributed by atoms with Crippen LogP contribution in [0.5, 0.6) is 5.75 Å². The molecule has 2 aromatic heterocycles. The fourth-order valence-corrected chi connectivity index (χ4v) is 3.93. The standard InChI is InChI=1S/C21H18N2O2S/c1-13-4-5-14-11-15-12-19(26-20(15)22-18(14)10-13)21(24)23(2)16-6-8-17(25-3)9-7-16/h4-12H,1-3H3. The fourth-order valence-electron chi connectivity index (χ4n) is 2.93. The van der Waals surface area contributed by atoms with E-state index < -0.39 is 0 Å². The highest BCUT2D eigenvalue weighted by Gasteiger charge is 2.17. The topological polar surface area (TPSA) is 42.4 Å². The normalized spacial score (nSPS) is 11.0. The summed E-state index contributed by atoms with van der Waals surface area (Å²) in [5.41, 5.74) is 2.96. The molecule has 0 radical (unpaired) electrons. The summed E-state index contributed by atoms with van der Waals surface area (Å²) in [7, 11) is 3.40. The Kier molecular flexibility index (Phi) is 4.09. The molecule has 1 amide bonds. The predicted molar refractivity (Wildman–Crippen MR) is 108 cm³/mol. The van der Waals surface area contributed by atoms with Gasteiger partial charge >= 0.3 is 0 Å². The van der Waals surface area contributed by atoms with E-state index in [1.54, 1.807) is 19.1 Å². The smallest absolute Gasteiger partial charge is 0.268 e.